The minimum atomic E-state index is -0.670. The van der Waals surface area contributed by atoms with Crippen LogP contribution in [0.4, 0.5) is 5.69 Å². The molecule has 0 fully saturated rings. The Morgan fingerprint density at radius 3 is 2.39 bits per heavy atom. The lowest BCUT2D eigenvalue weighted by atomic mass is 10.2. The number of benzene rings is 3. The Kier molecular flexibility index (Phi) is 8.21. The number of anilines is 1. The Balaban J connectivity index is 1.71. The number of hydrogen-bond donors (Lipinski definition) is 2. The molecular formula is C23H16BrCl2N3O4. The van der Waals surface area contributed by atoms with Gasteiger partial charge in [-0.15, -0.1) is 0 Å². The smallest absolute Gasteiger partial charge is 0.345 e. The molecule has 10 heteroatoms. The molecule has 0 bridgehead atoms. The predicted molar refractivity (Wildman–Crippen MR) is 131 cm³/mol. The lowest BCUT2D eigenvalue weighted by molar-refractivity contribution is -0.114. The fourth-order valence-corrected chi connectivity index (χ4v) is 3.52. The highest BCUT2D eigenvalue weighted by atomic mass is 79.9. The lowest BCUT2D eigenvalue weighted by Crippen LogP contribution is -2.18. The van der Waals surface area contributed by atoms with Crippen molar-refractivity contribution >= 4 is 68.8 Å². The fraction of sp³-hybridized carbons (Fsp3) is 0.0435. The number of halogens is 3. The van der Waals surface area contributed by atoms with Gasteiger partial charge in [-0.3, -0.25) is 9.59 Å². The van der Waals surface area contributed by atoms with E-state index in [-0.39, 0.29) is 22.2 Å². The lowest BCUT2D eigenvalue weighted by Gasteiger charge is -2.09. The summed E-state index contributed by atoms with van der Waals surface area (Å²) < 4.78 is 6.18. The summed E-state index contributed by atoms with van der Waals surface area (Å²) in [6.45, 7) is 1.40. The molecule has 33 heavy (non-hydrogen) atoms. The summed E-state index contributed by atoms with van der Waals surface area (Å²) in [5, 5.41) is 7.13. The van der Waals surface area contributed by atoms with Gasteiger partial charge < -0.3 is 10.1 Å². The second-order valence-electron chi connectivity index (χ2n) is 6.65. The Morgan fingerprint density at radius 2 is 1.73 bits per heavy atom. The zero-order valence-electron chi connectivity index (χ0n) is 17.1. The number of rotatable bonds is 6. The van der Waals surface area contributed by atoms with Crippen LogP contribution in [0.1, 0.15) is 33.2 Å². The fourth-order valence-electron chi connectivity index (χ4n) is 2.66. The Morgan fingerprint density at radius 1 is 1.00 bits per heavy atom. The number of hydrogen-bond acceptors (Lipinski definition) is 5. The third kappa shape index (κ3) is 6.89. The molecule has 0 unspecified atom stereocenters. The predicted octanol–water partition coefficient (Wildman–Crippen LogP) is 5.70. The molecular weight excluding hydrogens is 533 g/mol. The van der Waals surface area contributed by atoms with Gasteiger partial charge in [0.2, 0.25) is 5.91 Å². The summed E-state index contributed by atoms with van der Waals surface area (Å²) >= 11 is 15.3. The molecule has 3 aromatic carbocycles. The molecule has 3 aromatic rings. The molecule has 0 aliphatic carbocycles. The van der Waals surface area contributed by atoms with E-state index >= 15 is 0 Å². The summed E-state index contributed by atoms with van der Waals surface area (Å²) in [4.78, 5) is 35.9. The molecule has 7 nitrogen and oxygen atoms in total. The van der Waals surface area contributed by atoms with Crippen LogP contribution in [0.15, 0.2) is 70.2 Å². The average molecular weight is 549 g/mol. The SMILES string of the molecule is CC(=O)Nc1ccc(C(=O)N/N=C\c2cc(Br)ccc2OC(=O)c2ccc(Cl)cc2Cl)cc1. The maximum absolute atomic E-state index is 12.5. The minimum Gasteiger partial charge on any atom is -0.422 e. The van der Waals surface area contributed by atoms with E-state index in [9.17, 15) is 14.4 Å². The molecule has 0 radical (unpaired) electrons. The van der Waals surface area contributed by atoms with Crippen molar-refractivity contribution in [3.8, 4) is 5.75 Å². The summed E-state index contributed by atoms with van der Waals surface area (Å²) in [7, 11) is 0. The van der Waals surface area contributed by atoms with Crippen LogP contribution >= 0.6 is 39.1 Å². The van der Waals surface area contributed by atoms with Gasteiger partial charge in [-0.1, -0.05) is 39.1 Å². The number of carbonyl (C=O) groups is 3. The van der Waals surface area contributed by atoms with Gasteiger partial charge in [-0.05, 0) is 60.7 Å². The number of carbonyl (C=O) groups excluding carboxylic acids is 3. The van der Waals surface area contributed by atoms with Gasteiger partial charge in [-0.25, -0.2) is 10.2 Å². The van der Waals surface area contributed by atoms with E-state index < -0.39 is 11.9 Å². The van der Waals surface area contributed by atoms with E-state index in [1.807, 2.05) is 0 Å². The van der Waals surface area contributed by atoms with E-state index in [2.05, 4.69) is 31.8 Å². The van der Waals surface area contributed by atoms with Gasteiger partial charge in [0.1, 0.15) is 5.75 Å². The van der Waals surface area contributed by atoms with Gasteiger partial charge in [-0.2, -0.15) is 5.10 Å². The van der Waals surface area contributed by atoms with Crippen LogP contribution in [0.3, 0.4) is 0 Å². The highest BCUT2D eigenvalue weighted by Crippen LogP contribution is 2.26. The quantitative estimate of drug-likeness (QED) is 0.179. The van der Waals surface area contributed by atoms with Crippen LogP contribution in [-0.4, -0.2) is 24.0 Å². The highest BCUT2D eigenvalue weighted by molar-refractivity contribution is 9.10. The summed E-state index contributed by atoms with van der Waals surface area (Å²) in [5.74, 6) is -1.12. The van der Waals surface area contributed by atoms with Crippen molar-refractivity contribution in [3.63, 3.8) is 0 Å². The molecule has 2 N–H and O–H groups in total. The standard InChI is InChI=1S/C23H16BrCl2N3O4/c1-13(30)28-18-6-2-14(3-7-18)22(31)29-27-12-15-10-16(24)4-9-21(15)33-23(32)19-8-5-17(25)11-20(19)26/h2-12H,1H3,(H,28,30)(H,29,31)/b27-12-. The normalized spacial score (nSPS) is 10.7. The van der Waals surface area contributed by atoms with Crippen molar-refractivity contribution in [2.75, 3.05) is 5.32 Å². The number of nitrogens with one attached hydrogen (secondary N) is 2. The molecule has 3 rings (SSSR count). The molecule has 0 atom stereocenters. The largest absolute Gasteiger partial charge is 0.422 e. The number of nitrogens with zero attached hydrogens (tertiary/aromatic N) is 1. The van der Waals surface area contributed by atoms with Gasteiger partial charge >= 0.3 is 5.97 Å². The molecule has 0 heterocycles. The maximum Gasteiger partial charge on any atom is 0.345 e. The average Bonchev–Trinajstić information content (AvgIpc) is 2.75. The molecule has 0 aliphatic rings. The van der Waals surface area contributed by atoms with Crippen molar-refractivity contribution < 1.29 is 19.1 Å². The van der Waals surface area contributed by atoms with Crippen LogP contribution in [0.5, 0.6) is 5.75 Å². The zero-order valence-corrected chi connectivity index (χ0v) is 20.2. The molecule has 168 valence electrons. The van der Waals surface area contributed by atoms with Crippen molar-refractivity contribution in [2.45, 2.75) is 6.92 Å². The van der Waals surface area contributed by atoms with Crippen molar-refractivity contribution in [1.29, 1.82) is 0 Å². The summed E-state index contributed by atoms with van der Waals surface area (Å²) in [5.41, 5.74) is 3.92. The monoisotopic (exact) mass is 547 g/mol. The van der Waals surface area contributed by atoms with Crippen molar-refractivity contribution in [3.05, 3.63) is 91.9 Å². The maximum atomic E-state index is 12.5. The highest BCUT2D eigenvalue weighted by Gasteiger charge is 2.15. The Labute approximate surface area is 207 Å². The first kappa shape index (κ1) is 24.4. The first-order valence-corrected chi connectivity index (χ1v) is 11.0. The molecule has 0 saturated heterocycles. The third-order valence-electron chi connectivity index (χ3n) is 4.16. The first-order valence-electron chi connectivity index (χ1n) is 9.41. The topological polar surface area (TPSA) is 96.9 Å². The van der Waals surface area contributed by atoms with Gasteiger partial charge in [0.25, 0.3) is 5.91 Å². The molecule has 2 amide bonds. The zero-order chi connectivity index (χ0) is 24.0. The van der Waals surface area contributed by atoms with E-state index in [0.717, 1.165) is 0 Å². The van der Waals surface area contributed by atoms with E-state index in [1.165, 1.54) is 31.3 Å². The van der Waals surface area contributed by atoms with Crippen LogP contribution in [0.2, 0.25) is 10.0 Å². The van der Waals surface area contributed by atoms with Crippen LogP contribution in [0, 0.1) is 0 Å². The second kappa shape index (κ2) is 11.1. The van der Waals surface area contributed by atoms with Crippen molar-refractivity contribution in [1.82, 2.24) is 5.43 Å². The summed E-state index contributed by atoms with van der Waals surface area (Å²) in [6, 6.07) is 15.7. The van der Waals surface area contributed by atoms with E-state index in [1.54, 1.807) is 42.5 Å². The molecule has 0 aromatic heterocycles. The van der Waals surface area contributed by atoms with Gasteiger partial charge in [0, 0.05) is 33.2 Å². The molecule has 0 saturated carbocycles. The number of ether oxygens (including phenoxy) is 1. The molecule has 0 aliphatic heterocycles. The Hall–Kier alpha value is -3.20. The third-order valence-corrected chi connectivity index (χ3v) is 5.20. The summed E-state index contributed by atoms with van der Waals surface area (Å²) in [6.07, 6.45) is 1.35. The Bertz CT molecular complexity index is 1250. The second-order valence-corrected chi connectivity index (χ2v) is 8.41. The molecule has 0 spiro atoms. The van der Waals surface area contributed by atoms with E-state index in [4.69, 9.17) is 27.9 Å². The van der Waals surface area contributed by atoms with Crippen molar-refractivity contribution in [2.24, 2.45) is 5.10 Å². The van der Waals surface area contributed by atoms with Crippen LogP contribution in [-0.2, 0) is 4.79 Å². The van der Waals surface area contributed by atoms with E-state index in [0.29, 0.717) is 26.3 Å². The van der Waals surface area contributed by atoms with Gasteiger partial charge in [0.05, 0.1) is 16.8 Å². The number of esters is 1. The first-order chi connectivity index (χ1) is 15.7. The van der Waals surface area contributed by atoms with Crippen LogP contribution in [0.25, 0.3) is 0 Å². The van der Waals surface area contributed by atoms with Crippen LogP contribution < -0.4 is 15.5 Å². The number of hydrazone groups is 1. The number of amides is 2. The van der Waals surface area contributed by atoms with Gasteiger partial charge in [0.15, 0.2) is 0 Å². The minimum absolute atomic E-state index is 0.155.